The van der Waals surface area contributed by atoms with Crippen molar-refractivity contribution in [3.63, 3.8) is 0 Å². The van der Waals surface area contributed by atoms with E-state index in [1.807, 2.05) is 6.20 Å². The van der Waals surface area contributed by atoms with Crippen molar-refractivity contribution in [2.75, 3.05) is 28.6 Å². The van der Waals surface area contributed by atoms with E-state index >= 15 is 0 Å². The molecular weight excluding hydrogens is 414 g/mol. The van der Waals surface area contributed by atoms with E-state index < -0.39 is 0 Å². The van der Waals surface area contributed by atoms with Crippen LogP contribution in [0.15, 0.2) is 31.0 Å². The highest BCUT2D eigenvalue weighted by Crippen LogP contribution is 2.33. The third-order valence-electron chi connectivity index (χ3n) is 6.25. The van der Waals surface area contributed by atoms with Gasteiger partial charge in [0, 0.05) is 42.4 Å². The lowest BCUT2D eigenvalue weighted by molar-refractivity contribution is 0.659. The minimum Gasteiger partial charge on any atom is -0.356 e. The molecule has 2 aromatic heterocycles. The van der Waals surface area contributed by atoms with Crippen LogP contribution in [0.2, 0.25) is 0 Å². The number of aromatic nitrogens is 2. The molecule has 0 bridgehead atoms. The molecule has 1 aromatic carbocycles. The van der Waals surface area contributed by atoms with Crippen LogP contribution in [0, 0.1) is 40.5 Å². The molecule has 6 heteroatoms. The van der Waals surface area contributed by atoms with Crippen molar-refractivity contribution < 1.29 is 0 Å². The molecule has 0 aliphatic carbocycles. The molecule has 0 radical (unpaired) electrons. The third kappa shape index (κ3) is 4.65. The molecule has 1 unspecified atom stereocenters. The summed E-state index contributed by atoms with van der Waals surface area (Å²) in [5, 5.41) is 7.89. The highest BCUT2D eigenvalue weighted by atomic mass is 32.1. The van der Waals surface area contributed by atoms with Crippen LogP contribution in [0.3, 0.4) is 0 Å². The molecule has 168 valence electrons. The molecule has 1 saturated heterocycles. The molecule has 0 saturated carbocycles. The topological polar surface area (TPSA) is 53.1 Å². The molecule has 4 rings (SSSR count). The summed E-state index contributed by atoms with van der Waals surface area (Å²) in [4.78, 5) is 12.9. The van der Waals surface area contributed by atoms with Gasteiger partial charge in [0.25, 0.3) is 0 Å². The number of rotatable bonds is 6. The Morgan fingerprint density at radius 2 is 1.84 bits per heavy atom. The molecule has 1 fully saturated rings. The molecule has 1 aliphatic rings. The van der Waals surface area contributed by atoms with Gasteiger partial charge in [0.15, 0.2) is 5.13 Å². The molecule has 1 aliphatic heterocycles. The number of benzene rings is 1. The first kappa shape index (κ1) is 22.3. The molecule has 5 nitrogen and oxygen atoms in total. The van der Waals surface area contributed by atoms with Crippen molar-refractivity contribution >= 4 is 39.4 Å². The Balaban J connectivity index is 1.52. The summed E-state index contributed by atoms with van der Waals surface area (Å²) in [5.74, 6) is 1.77. The zero-order valence-corrected chi connectivity index (χ0v) is 20.8. The van der Waals surface area contributed by atoms with Gasteiger partial charge in [-0.25, -0.2) is 9.97 Å². The number of hydrogen-bond acceptors (Lipinski definition) is 6. The van der Waals surface area contributed by atoms with Crippen molar-refractivity contribution in [3.05, 3.63) is 63.8 Å². The quantitative estimate of drug-likeness (QED) is 0.437. The largest absolute Gasteiger partial charge is 0.356 e. The van der Waals surface area contributed by atoms with Gasteiger partial charge in [0.2, 0.25) is 0 Å². The van der Waals surface area contributed by atoms with Crippen LogP contribution in [0.4, 0.5) is 22.3 Å². The van der Waals surface area contributed by atoms with Crippen LogP contribution >= 0.6 is 11.3 Å². The fraction of sp³-hybridized carbons (Fsp3) is 0.385. The number of nitrogens with one attached hydrogen (secondary N) is 2. The Labute approximate surface area is 195 Å². The number of aryl methyl sites for hydroxylation is 4. The first-order chi connectivity index (χ1) is 15.2. The van der Waals surface area contributed by atoms with Crippen LogP contribution in [0.1, 0.15) is 46.2 Å². The van der Waals surface area contributed by atoms with E-state index in [0.29, 0.717) is 0 Å². The lowest BCUT2D eigenvalue weighted by Gasteiger charge is -2.20. The Kier molecular flexibility index (Phi) is 6.24. The SMILES string of the molecule is C=C(Nc1c(C)cc(C)cc1C)c1cnc(Nc2cc(N3CCC(C)C3)nc(C)c2C)s1. The van der Waals surface area contributed by atoms with Crippen LogP contribution in [0.5, 0.6) is 0 Å². The Morgan fingerprint density at radius 1 is 1.12 bits per heavy atom. The van der Waals surface area contributed by atoms with Gasteiger partial charge in [-0.1, -0.05) is 42.5 Å². The Bertz CT molecular complexity index is 1140. The number of pyridine rings is 1. The van der Waals surface area contributed by atoms with Crippen molar-refractivity contribution in [1.82, 2.24) is 9.97 Å². The Morgan fingerprint density at radius 3 is 2.50 bits per heavy atom. The molecular formula is C26H33N5S. The van der Waals surface area contributed by atoms with Crippen LogP contribution in [-0.4, -0.2) is 23.1 Å². The smallest absolute Gasteiger partial charge is 0.187 e. The molecule has 0 spiro atoms. The minimum absolute atomic E-state index is 0.718. The summed E-state index contributed by atoms with van der Waals surface area (Å²) in [7, 11) is 0. The summed E-state index contributed by atoms with van der Waals surface area (Å²) in [6.07, 6.45) is 3.11. The maximum Gasteiger partial charge on any atom is 0.187 e. The zero-order chi connectivity index (χ0) is 23.0. The van der Waals surface area contributed by atoms with E-state index in [2.05, 4.69) is 86.8 Å². The van der Waals surface area contributed by atoms with Crippen LogP contribution < -0.4 is 15.5 Å². The molecule has 3 aromatic rings. The number of nitrogens with zero attached hydrogens (tertiary/aromatic N) is 3. The lowest BCUT2D eigenvalue weighted by atomic mass is 10.0. The molecule has 0 amide bonds. The summed E-state index contributed by atoms with van der Waals surface area (Å²) in [6.45, 7) is 19.3. The van der Waals surface area contributed by atoms with Crippen LogP contribution in [-0.2, 0) is 0 Å². The number of hydrogen-bond donors (Lipinski definition) is 2. The summed E-state index contributed by atoms with van der Waals surface area (Å²) in [6, 6.07) is 6.54. The van der Waals surface area contributed by atoms with E-state index in [1.54, 1.807) is 11.3 Å². The van der Waals surface area contributed by atoms with E-state index in [9.17, 15) is 0 Å². The number of thiazole rings is 1. The van der Waals surface area contributed by atoms with E-state index in [4.69, 9.17) is 4.98 Å². The van der Waals surface area contributed by atoms with Gasteiger partial charge < -0.3 is 15.5 Å². The van der Waals surface area contributed by atoms with Gasteiger partial charge in [-0.15, -0.1) is 0 Å². The van der Waals surface area contributed by atoms with Gasteiger partial charge in [-0.05, 0) is 63.6 Å². The van der Waals surface area contributed by atoms with Crippen molar-refractivity contribution in [2.24, 2.45) is 5.92 Å². The van der Waals surface area contributed by atoms with Crippen LogP contribution in [0.25, 0.3) is 5.70 Å². The van der Waals surface area contributed by atoms with Crippen molar-refractivity contribution in [3.8, 4) is 0 Å². The third-order valence-corrected chi connectivity index (χ3v) is 7.22. The van der Waals surface area contributed by atoms with Gasteiger partial charge in [-0.2, -0.15) is 0 Å². The van der Waals surface area contributed by atoms with Gasteiger partial charge in [-0.3, -0.25) is 0 Å². The molecule has 3 heterocycles. The van der Waals surface area contributed by atoms with Gasteiger partial charge in [0.05, 0.1) is 10.6 Å². The minimum atomic E-state index is 0.718. The molecule has 32 heavy (non-hydrogen) atoms. The normalized spacial score (nSPS) is 15.8. The first-order valence-corrected chi connectivity index (χ1v) is 12.0. The fourth-order valence-corrected chi connectivity index (χ4v) is 5.09. The van der Waals surface area contributed by atoms with E-state index in [-0.39, 0.29) is 0 Å². The lowest BCUT2D eigenvalue weighted by Crippen LogP contribution is -2.21. The van der Waals surface area contributed by atoms with Gasteiger partial charge in [0.1, 0.15) is 5.82 Å². The molecule has 1 atom stereocenters. The Hall–Kier alpha value is -2.86. The maximum absolute atomic E-state index is 4.84. The summed E-state index contributed by atoms with van der Waals surface area (Å²) < 4.78 is 0. The number of anilines is 4. The fourth-order valence-electron chi connectivity index (χ4n) is 4.33. The van der Waals surface area contributed by atoms with Gasteiger partial charge >= 0.3 is 0 Å². The molecule has 2 N–H and O–H groups in total. The first-order valence-electron chi connectivity index (χ1n) is 11.2. The predicted octanol–water partition coefficient (Wildman–Crippen LogP) is 6.75. The van der Waals surface area contributed by atoms with Crippen molar-refractivity contribution in [2.45, 2.75) is 48.0 Å². The second kappa shape index (κ2) is 8.94. The summed E-state index contributed by atoms with van der Waals surface area (Å²) >= 11 is 1.60. The predicted molar refractivity (Wildman–Crippen MR) is 138 cm³/mol. The standard InChI is InChI=1S/C26H33N5S/c1-15-8-9-31(14-15)24-12-22(19(5)20(6)28-24)30-26-27-13-23(32-26)21(7)29-25-17(3)10-16(2)11-18(25)4/h10-13,15,29H,7-9,14H2,1-6H3,(H,27,28,30). The second-order valence-corrected chi connectivity index (χ2v) is 10.1. The average Bonchev–Trinajstić information content (AvgIpc) is 3.37. The second-order valence-electron chi connectivity index (χ2n) is 9.11. The highest BCUT2D eigenvalue weighted by molar-refractivity contribution is 7.16. The monoisotopic (exact) mass is 447 g/mol. The van der Waals surface area contributed by atoms with E-state index in [0.717, 1.165) is 63.2 Å². The highest BCUT2D eigenvalue weighted by Gasteiger charge is 2.21. The van der Waals surface area contributed by atoms with E-state index in [1.165, 1.54) is 23.1 Å². The zero-order valence-electron chi connectivity index (χ0n) is 20.0. The maximum atomic E-state index is 4.84. The van der Waals surface area contributed by atoms with Crippen molar-refractivity contribution in [1.29, 1.82) is 0 Å². The summed E-state index contributed by atoms with van der Waals surface area (Å²) in [5.41, 5.74) is 8.96. The average molecular weight is 448 g/mol.